The number of likely N-dealkylation sites (tertiary alicyclic amines) is 1. The van der Waals surface area contributed by atoms with E-state index in [-0.39, 0.29) is 0 Å². The molecule has 2 fully saturated rings. The minimum atomic E-state index is 0.683. The van der Waals surface area contributed by atoms with Crippen molar-refractivity contribution < 1.29 is 4.74 Å². The van der Waals surface area contributed by atoms with E-state index in [1.807, 2.05) is 0 Å². The van der Waals surface area contributed by atoms with Crippen LogP contribution in [0.25, 0.3) is 0 Å². The highest BCUT2D eigenvalue weighted by atomic mass is 16.5. The summed E-state index contributed by atoms with van der Waals surface area (Å²) in [5.74, 6) is 0.733. The molecule has 1 aromatic rings. The molecule has 2 saturated heterocycles. The van der Waals surface area contributed by atoms with E-state index in [1.165, 1.54) is 50.9 Å². The van der Waals surface area contributed by atoms with Gasteiger partial charge in [0.1, 0.15) is 0 Å². The van der Waals surface area contributed by atoms with E-state index in [9.17, 15) is 0 Å². The standard InChI is InChI=1S/C18H28N2O/c1-2-5-16(6-3-1)8-10-20-11-9-18(14-20)19-13-17-7-4-12-21-15-17/h1-3,5-6,17-19H,4,7-15H2. The van der Waals surface area contributed by atoms with Crippen molar-refractivity contribution in [3.05, 3.63) is 35.9 Å². The second kappa shape index (κ2) is 7.92. The van der Waals surface area contributed by atoms with Gasteiger partial charge in [0, 0.05) is 32.3 Å². The third-order valence-electron chi connectivity index (χ3n) is 4.78. The molecule has 1 aromatic carbocycles. The molecule has 3 rings (SSSR count). The summed E-state index contributed by atoms with van der Waals surface area (Å²) in [5, 5.41) is 3.76. The van der Waals surface area contributed by atoms with E-state index in [0.717, 1.165) is 25.7 Å². The molecule has 0 amide bonds. The van der Waals surface area contributed by atoms with Gasteiger partial charge in [0.05, 0.1) is 6.61 Å². The van der Waals surface area contributed by atoms with Crippen LogP contribution in [0.3, 0.4) is 0 Å². The van der Waals surface area contributed by atoms with Gasteiger partial charge in [0.25, 0.3) is 0 Å². The Balaban J connectivity index is 1.33. The molecule has 2 aliphatic heterocycles. The zero-order chi connectivity index (χ0) is 14.3. The SMILES string of the molecule is c1ccc(CCN2CCC(NCC3CCCOC3)C2)cc1. The highest BCUT2D eigenvalue weighted by Gasteiger charge is 2.23. The largest absolute Gasteiger partial charge is 0.381 e. The summed E-state index contributed by atoms with van der Waals surface area (Å²) in [6.07, 6.45) is 5.03. The monoisotopic (exact) mass is 288 g/mol. The van der Waals surface area contributed by atoms with Crippen LogP contribution in [0.15, 0.2) is 30.3 Å². The van der Waals surface area contributed by atoms with Crippen LogP contribution in [-0.2, 0) is 11.2 Å². The van der Waals surface area contributed by atoms with Crippen molar-refractivity contribution in [2.45, 2.75) is 31.7 Å². The summed E-state index contributed by atoms with van der Waals surface area (Å²) in [6.45, 7) is 6.70. The van der Waals surface area contributed by atoms with Crippen LogP contribution in [0.5, 0.6) is 0 Å². The Morgan fingerprint density at radius 1 is 1.19 bits per heavy atom. The topological polar surface area (TPSA) is 24.5 Å². The molecular weight excluding hydrogens is 260 g/mol. The fourth-order valence-electron chi connectivity index (χ4n) is 3.44. The minimum Gasteiger partial charge on any atom is -0.381 e. The first-order valence-corrected chi connectivity index (χ1v) is 8.47. The molecule has 0 bridgehead atoms. The average Bonchev–Trinajstić information content (AvgIpc) is 3.01. The number of ether oxygens (including phenoxy) is 1. The summed E-state index contributed by atoms with van der Waals surface area (Å²) in [7, 11) is 0. The maximum absolute atomic E-state index is 5.56. The zero-order valence-corrected chi connectivity index (χ0v) is 13.0. The molecule has 0 aromatic heterocycles. The van der Waals surface area contributed by atoms with Gasteiger partial charge >= 0.3 is 0 Å². The average molecular weight is 288 g/mol. The van der Waals surface area contributed by atoms with Gasteiger partial charge in [0.15, 0.2) is 0 Å². The number of benzene rings is 1. The highest BCUT2D eigenvalue weighted by Crippen LogP contribution is 2.15. The first-order valence-electron chi connectivity index (χ1n) is 8.47. The van der Waals surface area contributed by atoms with Gasteiger partial charge in [-0.3, -0.25) is 0 Å². The van der Waals surface area contributed by atoms with Crippen molar-refractivity contribution in [2.24, 2.45) is 5.92 Å². The van der Waals surface area contributed by atoms with Crippen LogP contribution in [0.4, 0.5) is 0 Å². The van der Waals surface area contributed by atoms with E-state index in [4.69, 9.17) is 4.74 Å². The van der Waals surface area contributed by atoms with Crippen molar-refractivity contribution in [2.75, 3.05) is 39.4 Å². The fourth-order valence-corrected chi connectivity index (χ4v) is 3.44. The van der Waals surface area contributed by atoms with Gasteiger partial charge in [-0.1, -0.05) is 30.3 Å². The van der Waals surface area contributed by atoms with Gasteiger partial charge in [-0.2, -0.15) is 0 Å². The Bertz CT molecular complexity index is 403. The zero-order valence-electron chi connectivity index (χ0n) is 13.0. The molecule has 2 aliphatic rings. The number of hydrogen-bond acceptors (Lipinski definition) is 3. The van der Waals surface area contributed by atoms with Crippen molar-refractivity contribution in [1.82, 2.24) is 10.2 Å². The lowest BCUT2D eigenvalue weighted by Gasteiger charge is -2.24. The second-order valence-electron chi connectivity index (χ2n) is 6.51. The Kier molecular flexibility index (Phi) is 5.67. The first-order chi connectivity index (χ1) is 10.4. The maximum Gasteiger partial charge on any atom is 0.0506 e. The smallest absolute Gasteiger partial charge is 0.0506 e. The summed E-state index contributed by atoms with van der Waals surface area (Å²) in [6, 6.07) is 11.5. The van der Waals surface area contributed by atoms with Crippen molar-refractivity contribution in [1.29, 1.82) is 0 Å². The molecule has 0 radical (unpaired) electrons. The second-order valence-corrected chi connectivity index (χ2v) is 6.51. The molecule has 21 heavy (non-hydrogen) atoms. The predicted octanol–water partition coefficient (Wildman–Crippen LogP) is 2.32. The number of rotatable bonds is 6. The van der Waals surface area contributed by atoms with Gasteiger partial charge in [-0.25, -0.2) is 0 Å². The van der Waals surface area contributed by atoms with Gasteiger partial charge < -0.3 is 15.0 Å². The molecule has 2 heterocycles. The lowest BCUT2D eigenvalue weighted by molar-refractivity contribution is 0.0539. The van der Waals surface area contributed by atoms with E-state index >= 15 is 0 Å². The van der Waals surface area contributed by atoms with E-state index in [1.54, 1.807) is 0 Å². The van der Waals surface area contributed by atoms with Gasteiger partial charge in [-0.15, -0.1) is 0 Å². The molecule has 2 unspecified atom stereocenters. The van der Waals surface area contributed by atoms with Crippen molar-refractivity contribution in [3.63, 3.8) is 0 Å². The van der Waals surface area contributed by atoms with Crippen molar-refractivity contribution >= 4 is 0 Å². The molecule has 1 N–H and O–H groups in total. The third kappa shape index (κ3) is 4.80. The maximum atomic E-state index is 5.56. The Morgan fingerprint density at radius 2 is 2.10 bits per heavy atom. The predicted molar refractivity (Wildman–Crippen MR) is 86.5 cm³/mol. The molecule has 0 aliphatic carbocycles. The van der Waals surface area contributed by atoms with Gasteiger partial charge in [0.2, 0.25) is 0 Å². The van der Waals surface area contributed by atoms with Gasteiger partial charge in [-0.05, 0) is 43.7 Å². The summed E-state index contributed by atoms with van der Waals surface area (Å²) in [5.41, 5.74) is 1.45. The molecule has 3 nitrogen and oxygen atoms in total. The lowest BCUT2D eigenvalue weighted by atomic mass is 10.0. The Hall–Kier alpha value is -0.900. The number of nitrogens with one attached hydrogen (secondary N) is 1. The normalized spacial score (nSPS) is 27.0. The van der Waals surface area contributed by atoms with E-state index < -0.39 is 0 Å². The first kappa shape index (κ1) is 15.0. The summed E-state index contributed by atoms with van der Waals surface area (Å²) >= 11 is 0. The third-order valence-corrected chi connectivity index (χ3v) is 4.78. The molecule has 2 atom stereocenters. The number of hydrogen-bond donors (Lipinski definition) is 1. The van der Waals surface area contributed by atoms with Crippen LogP contribution in [0, 0.1) is 5.92 Å². The summed E-state index contributed by atoms with van der Waals surface area (Å²) in [4.78, 5) is 2.60. The Morgan fingerprint density at radius 3 is 2.90 bits per heavy atom. The molecule has 116 valence electrons. The van der Waals surface area contributed by atoms with Crippen molar-refractivity contribution in [3.8, 4) is 0 Å². The molecule has 3 heteroatoms. The van der Waals surface area contributed by atoms with Crippen LogP contribution >= 0.6 is 0 Å². The van der Waals surface area contributed by atoms with E-state index in [0.29, 0.717) is 6.04 Å². The molecular formula is C18H28N2O. The number of nitrogens with zero attached hydrogens (tertiary/aromatic N) is 1. The van der Waals surface area contributed by atoms with E-state index in [2.05, 4.69) is 40.5 Å². The molecule has 0 spiro atoms. The van der Waals surface area contributed by atoms with Crippen LogP contribution in [0.2, 0.25) is 0 Å². The fraction of sp³-hybridized carbons (Fsp3) is 0.667. The summed E-state index contributed by atoms with van der Waals surface area (Å²) < 4.78 is 5.56. The minimum absolute atomic E-state index is 0.683. The lowest BCUT2D eigenvalue weighted by Crippen LogP contribution is -2.38. The van der Waals surface area contributed by atoms with Crippen LogP contribution in [-0.4, -0.2) is 50.3 Å². The van der Waals surface area contributed by atoms with Crippen LogP contribution in [0.1, 0.15) is 24.8 Å². The molecule has 0 saturated carbocycles. The Labute approximate surface area is 128 Å². The quantitative estimate of drug-likeness (QED) is 0.869. The van der Waals surface area contributed by atoms with Crippen LogP contribution < -0.4 is 5.32 Å². The highest BCUT2D eigenvalue weighted by molar-refractivity contribution is 5.14.